The first-order chi connectivity index (χ1) is 7.57. The number of nitrogens with one attached hydrogen (secondary N) is 2. The number of hydrogen-bond donors (Lipinski definition) is 2. The molecule has 2 N–H and O–H groups in total. The molecule has 1 fully saturated rings. The van der Waals surface area contributed by atoms with E-state index in [0.717, 1.165) is 37.3 Å². The maximum absolute atomic E-state index is 12.3. The Morgan fingerprint density at radius 1 is 1.06 bits per heavy atom. The minimum Gasteiger partial charge on any atom is -0.314 e. The van der Waals surface area contributed by atoms with Crippen LogP contribution >= 0.6 is 0 Å². The van der Waals surface area contributed by atoms with Crippen molar-refractivity contribution >= 4 is 0 Å². The van der Waals surface area contributed by atoms with Gasteiger partial charge in [0.25, 0.3) is 0 Å². The van der Waals surface area contributed by atoms with Gasteiger partial charge in [0.1, 0.15) is 0 Å². The number of alkyl halides is 3. The molecule has 1 heterocycles. The van der Waals surface area contributed by atoms with Crippen molar-refractivity contribution < 1.29 is 13.2 Å². The fourth-order valence-electron chi connectivity index (χ4n) is 1.79. The van der Waals surface area contributed by atoms with Crippen LogP contribution in [0, 0.1) is 0 Å². The van der Waals surface area contributed by atoms with Crippen molar-refractivity contribution in [1.82, 2.24) is 10.6 Å². The Morgan fingerprint density at radius 2 is 1.75 bits per heavy atom. The predicted molar refractivity (Wildman–Crippen MR) is 55.1 cm³/mol. The summed E-state index contributed by atoms with van der Waals surface area (Å²) >= 11 is 0. The molecule has 0 aromatic heterocycles. The zero-order valence-electron chi connectivity index (χ0n) is 8.64. The minimum absolute atomic E-state index is 0.107. The van der Waals surface area contributed by atoms with Crippen LogP contribution in [0.4, 0.5) is 13.2 Å². The molecule has 1 aliphatic heterocycles. The molecule has 0 radical (unpaired) electrons. The first-order valence-electron chi connectivity index (χ1n) is 5.18. The predicted octanol–water partition coefficient (Wildman–Crippen LogP) is 1.94. The van der Waals surface area contributed by atoms with Crippen molar-refractivity contribution in [2.75, 3.05) is 19.6 Å². The normalized spacial score (nSPS) is 22.1. The minimum atomic E-state index is -4.25. The molecular formula is C11H13F3N2. The summed E-state index contributed by atoms with van der Waals surface area (Å²) in [5.41, 5.74) is 0.292. The highest BCUT2D eigenvalue weighted by Crippen LogP contribution is 2.29. The quantitative estimate of drug-likeness (QED) is 0.770. The standard InChI is InChI=1S/C11H13F3N2/c12-11(13,14)9-3-1-8(2-4-9)10-7-15-5-6-16-10/h1-4,10,15-16H,5-7H2/t10-/m0/s1. The van der Waals surface area contributed by atoms with Gasteiger partial charge in [-0.25, -0.2) is 0 Å². The molecule has 88 valence electrons. The molecule has 1 atom stereocenters. The molecule has 1 saturated heterocycles. The summed E-state index contributed by atoms with van der Waals surface area (Å²) < 4.78 is 37.0. The lowest BCUT2D eigenvalue weighted by atomic mass is 10.0. The molecule has 0 unspecified atom stereocenters. The molecule has 2 rings (SSSR count). The second kappa shape index (κ2) is 4.43. The molecule has 5 heteroatoms. The summed E-state index contributed by atoms with van der Waals surface area (Å²) in [6, 6.07) is 5.44. The Bertz CT molecular complexity index is 339. The van der Waals surface area contributed by atoms with Gasteiger partial charge in [-0.05, 0) is 17.7 Å². The summed E-state index contributed by atoms with van der Waals surface area (Å²) in [6.45, 7) is 2.49. The van der Waals surface area contributed by atoms with Crippen molar-refractivity contribution in [3.63, 3.8) is 0 Å². The Morgan fingerprint density at radius 3 is 2.25 bits per heavy atom. The second-order valence-electron chi connectivity index (χ2n) is 3.83. The van der Waals surface area contributed by atoms with Crippen LogP contribution in [0.1, 0.15) is 17.2 Å². The summed E-state index contributed by atoms with van der Waals surface area (Å²) in [5.74, 6) is 0. The second-order valence-corrected chi connectivity index (χ2v) is 3.83. The van der Waals surface area contributed by atoms with Crippen molar-refractivity contribution in [2.24, 2.45) is 0 Å². The van der Waals surface area contributed by atoms with Crippen molar-refractivity contribution in [1.29, 1.82) is 0 Å². The maximum Gasteiger partial charge on any atom is 0.416 e. The first-order valence-corrected chi connectivity index (χ1v) is 5.18. The fraction of sp³-hybridized carbons (Fsp3) is 0.455. The number of hydrogen-bond acceptors (Lipinski definition) is 2. The highest BCUT2D eigenvalue weighted by atomic mass is 19.4. The Hall–Kier alpha value is -1.07. The summed E-state index contributed by atoms with van der Waals surface area (Å²) in [6.07, 6.45) is -4.25. The zero-order chi connectivity index (χ0) is 11.6. The third kappa shape index (κ3) is 2.54. The number of rotatable bonds is 1. The van der Waals surface area contributed by atoms with E-state index in [4.69, 9.17) is 0 Å². The molecule has 1 aromatic carbocycles. The largest absolute Gasteiger partial charge is 0.416 e. The lowest BCUT2D eigenvalue weighted by Gasteiger charge is -2.25. The van der Waals surface area contributed by atoms with Gasteiger partial charge in [0, 0.05) is 25.7 Å². The van der Waals surface area contributed by atoms with E-state index >= 15 is 0 Å². The number of piperazine rings is 1. The maximum atomic E-state index is 12.3. The highest BCUT2D eigenvalue weighted by Gasteiger charge is 2.30. The Kier molecular flexibility index (Phi) is 3.16. The molecule has 0 bridgehead atoms. The lowest BCUT2D eigenvalue weighted by molar-refractivity contribution is -0.137. The van der Waals surface area contributed by atoms with E-state index in [1.165, 1.54) is 12.1 Å². The number of benzene rings is 1. The van der Waals surface area contributed by atoms with Crippen LogP contribution in [-0.2, 0) is 6.18 Å². The topological polar surface area (TPSA) is 24.1 Å². The Balaban J connectivity index is 2.12. The van der Waals surface area contributed by atoms with E-state index in [1.807, 2.05) is 0 Å². The third-order valence-electron chi connectivity index (χ3n) is 2.68. The monoisotopic (exact) mass is 230 g/mol. The van der Waals surface area contributed by atoms with Gasteiger partial charge in [0.15, 0.2) is 0 Å². The van der Waals surface area contributed by atoms with E-state index in [2.05, 4.69) is 10.6 Å². The van der Waals surface area contributed by atoms with Crippen LogP contribution in [0.3, 0.4) is 0 Å². The van der Waals surface area contributed by atoms with Crippen molar-refractivity contribution in [3.05, 3.63) is 35.4 Å². The molecule has 1 aromatic rings. The molecule has 0 aliphatic carbocycles. The SMILES string of the molecule is FC(F)(F)c1ccc([C@@H]2CNCCN2)cc1. The van der Waals surface area contributed by atoms with Crippen molar-refractivity contribution in [3.8, 4) is 0 Å². The molecule has 0 saturated carbocycles. The zero-order valence-corrected chi connectivity index (χ0v) is 8.64. The van der Waals surface area contributed by atoms with Gasteiger partial charge in [-0.3, -0.25) is 0 Å². The van der Waals surface area contributed by atoms with Gasteiger partial charge in [-0.2, -0.15) is 13.2 Å². The van der Waals surface area contributed by atoms with Crippen molar-refractivity contribution in [2.45, 2.75) is 12.2 Å². The highest BCUT2D eigenvalue weighted by molar-refractivity contribution is 5.27. The van der Waals surface area contributed by atoms with Gasteiger partial charge in [-0.1, -0.05) is 12.1 Å². The van der Waals surface area contributed by atoms with Crippen LogP contribution < -0.4 is 10.6 Å². The van der Waals surface area contributed by atoms with Gasteiger partial charge in [-0.15, -0.1) is 0 Å². The average Bonchev–Trinajstić information content (AvgIpc) is 2.29. The van der Waals surface area contributed by atoms with Gasteiger partial charge >= 0.3 is 6.18 Å². The summed E-state index contributed by atoms with van der Waals surface area (Å²) in [4.78, 5) is 0. The third-order valence-corrected chi connectivity index (χ3v) is 2.68. The van der Waals surface area contributed by atoms with Crippen LogP contribution in [0.15, 0.2) is 24.3 Å². The first kappa shape index (κ1) is 11.4. The molecular weight excluding hydrogens is 217 g/mol. The molecule has 2 nitrogen and oxygen atoms in total. The Labute approximate surface area is 91.8 Å². The van der Waals surface area contributed by atoms with Gasteiger partial charge in [0.2, 0.25) is 0 Å². The van der Waals surface area contributed by atoms with E-state index in [1.54, 1.807) is 0 Å². The van der Waals surface area contributed by atoms with E-state index < -0.39 is 11.7 Å². The fourth-order valence-corrected chi connectivity index (χ4v) is 1.79. The number of halogens is 3. The van der Waals surface area contributed by atoms with Gasteiger partial charge in [0.05, 0.1) is 5.56 Å². The molecule has 0 spiro atoms. The average molecular weight is 230 g/mol. The van der Waals surface area contributed by atoms with Crippen LogP contribution in [0.5, 0.6) is 0 Å². The summed E-state index contributed by atoms with van der Waals surface area (Å²) in [5, 5.41) is 6.44. The van der Waals surface area contributed by atoms with E-state index in [0.29, 0.717) is 0 Å². The van der Waals surface area contributed by atoms with Crippen LogP contribution in [0.2, 0.25) is 0 Å². The lowest BCUT2D eigenvalue weighted by Crippen LogP contribution is -2.42. The van der Waals surface area contributed by atoms with E-state index in [-0.39, 0.29) is 6.04 Å². The smallest absolute Gasteiger partial charge is 0.314 e. The van der Waals surface area contributed by atoms with E-state index in [9.17, 15) is 13.2 Å². The summed E-state index contributed by atoms with van der Waals surface area (Å²) in [7, 11) is 0. The molecule has 1 aliphatic rings. The van der Waals surface area contributed by atoms with Gasteiger partial charge < -0.3 is 10.6 Å². The van der Waals surface area contributed by atoms with Crippen LogP contribution in [0.25, 0.3) is 0 Å². The molecule has 16 heavy (non-hydrogen) atoms. The van der Waals surface area contributed by atoms with Crippen LogP contribution in [-0.4, -0.2) is 19.6 Å². The molecule has 0 amide bonds.